The highest BCUT2D eigenvalue weighted by Crippen LogP contribution is 2.34. The molecule has 0 spiro atoms. The number of nitrogens with zero attached hydrogens (tertiary/aromatic N) is 3. The number of likely N-dealkylation sites (N-methyl/N-ethyl adjacent to an activating group) is 1. The molecule has 5 nitrogen and oxygen atoms in total. The third-order valence-corrected chi connectivity index (χ3v) is 6.41. The Kier molecular flexibility index (Phi) is 6.66. The molecule has 0 saturated heterocycles. The molecule has 0 radical (unpaired) electrons. The van der Waals surface area contributed by atoms with Crippen LogP contribution in [-0.2, 0) is 4.79 Å². The fourth-order valence-electron chi connectivity index (χ4n) is 4.61. The van der Waals surface area contributed by atoms with Crippen LogP contribution in [0.5, 0.6) is 5.75 Å². The van der Waals surface area contributed by atoms with Gasteiger partial charge in [0.1, 0.15) is 11.6 Å². The molecule has 2 aliphatic rings. The van der Waals surface area contributed by atoms with Crippen molar-refractivity contribution in [2.75, 3.05) is 20.7 Å². The number of hydrogen-bond acceptors (Lipinski definition) is 4. The highest BCUT2D eigenvalue weighted by atomic mass is 19.1. The molecule has 2 aromatic rings. The van der Waals surface area contributed by atoms with E-state index in [2.05, 4.69) is 4.90 Å². The summed E-state index contributed by atoms with van der Waals surface area (Å²) < 4.78 is 19.2. The number of halogens is 1. The summed E-state index contributed by atoms with van der Waals surface area (Å²) in [4.78, 5) is 15.5. The monoisotopic (exact) mass is 423 g/mol. The average molecular weight is 424 g/mol. The number of benzene rings is 2. The maximum atomic E-state index is 13.9. The standard InChI is InChI=1S/C25H30FN3O2/c1-28(21-9-4-3-5-10-21)17-25(30)29-24(19-7-6-8-20(26)15-19)16-23(27-29)18-11-13-22(31-2)14-12-18/h6-8,11-15,21,24H,3-5,9-10,16-17H2,1-2H3/t24-/m0/s1. The number of methoxy groups -OCH3 is 1. The van der Waals surface area contributed by atoms with Gasteiger partial charge in [0, 0.05) is 12.5 Å². The average Bonchev–Trinajstić information content (AvgIpc) is 3.25. The van der Waals surface area contributed by atoms with Gasteiger partial charge in [-0.1, -0.05) is 31.4 Å². The van der Waals surface area contributed by atoms with Crippen LogP contribution >= 0.6 is 0 Å². The summed E-state index contributed by atoms with van der Waals surface area (Å²) in [7, 11) is 3.65. The van der Waals surface area contributed by atoms with Gasteiger partial charge in [-0.15, -0.1) is 0 Å². The number of amides is 1. The fraction of sp³-hybridized carbons (Fsp3) is 0.440. The zero-order valence-electron chi connectivity index (χ0n) is 18.3. The highest BCUT2D eigenvalue weighted by Gasteiger charge is 2.34. The molecule has 1 amide bonds. The smallest absolute Gasteiger partial charge is 0.257 e. The van der Waals surface area contributed by atoms with Crippen LogP contribution in [0.4, 0.5) is 4.39 Å². The van der Waals surface area contributed by atoms with Crippen LogP contribution in [0.15, 0.2) is 53.6 Å². The van der Waals surface area contributed by atoms with Crippen molar-refractivity contribution in [3.8, 4) is 5.75 Å². The molecule has 1 atom stereocenters. The minimum absolute atomic E-state index is 0.0501. The molecular formula is C25H30FN3O2. The highest BCUT2D eigenvalue weighted by molar-refractivity contribution is 6.03. The molecule has 1 aliphatic carbocycles. The maximum Gasteiger partial charge on any atom is 0.257 e. The predicted octanol–water partition coefficient (Wildman–Crippen LogP) is 4.78. The quantitative estimate of drug-likeness (QED) is 0.672. The first-order chi connectivity index (χ1) is 15.0. The van der Waals surface area contributed by atoms with E-state index in [0.29, 0.717) is 19.0 Å². The van der Waals surface area contributed by atoms with E-state index >= 15 is 0 Å². The van der Waals surface area contributed by atoms with Crippen LogP contribution in [0, 0.1) is 5.82 Å². The molecule has 0 N–H and O–H groups in total. The van der Waals surface area contributed by atoms with Gasteiger partial charge >= 0.3 is 0 Å². The molecule has 31 heavy (non-hydrogen) atoms. The normalized spacial score (nSPS) is 19.5. The van der Waals surface area contributed by atoms with Gasteiger partial charge in [-0.3, -0.25) is 9.69 Å². The van der Waals surface area contributed by atoms with Gasteiger partial charge in [-0.2, -0.15) is 5.10 Å². The van der Waals surface area contributed by atoms with Gasteiger partial charge in [0.05, 0.1) is 25.4 Å². The van der Waals surface area contributed by atoms with Crippen molar-refractivity contribution in [1.82, 2.24) is 9.91 Å². The van der Waals surface area contributed by atoms with Crippen molar-refractivity contribution < 1.29 is 13.9 Å². The van der Waals surface area contributed by atoms with Crippen molar-refractivity contribution in [3.63, 3.8) is 0 Å². The molecule has 0 unspecified atom stereocenters. The Morgan fingerprint density at radius 1 is 1.16 bits per heavy atom. The molecule has 2 aromatic carbocycles. The maximum absolute atomic E-state index is 13.9. The van der Waals surface area contributed by atoms with E-state index in [1.54, 1.807) is 18.2 Å². The van der Waals surface area contributed by atoms with Crippen molar-refractivity contribution >= 4 is 11.6 Å². The lowest BCUT2D eigenvalue weighted by Crippen LogP contribution is -2.42. The van der Waals surface area contributed by atoms with Gasteiger partial charge in [0.15, 0.2) is 0 Å². The Hall–Kier alpha value is -2.73. The summed E-state index contributed by atoms with van der Waals surface area (Å²) in [6.07, 6.45) is 6.54. The molecule has 1 aliphatic heterocycles. The minimum Gasteiger partial charge on any atom is -0.497 e. The third-order valence-electron chi connectivity index (χ3n) is 6.41. The van der Waals surface area contributed by atoms with E-state index < -0.39 is 0 Å². The number of ether oxygens (including phenoxy) is 1. The number of hydrazone groups is 1. The Balaban J connectivity index is 1.57. The van der Waals surface area contributed by atoms with E-state index in [9.17, 15) is 9.18 Å². The zero-order valence-corrected chi connectivity index (χ0v) is 18.3. The fourth-order valence-corrected chi connectivity index (χ4v) is 4.61. The summed E-state index contributed by atoms with van der Waals surface area (Å²) in [5, 5.41) is 6.27. The Morgan fingerprint density at radius 2 is 1.90 bits per heavy atom. The Morgan fingerprint density at radius 3 is 2.58 bits per heavy atom. The second-order valence-corrected chi connectivity index (χ2v) is 8.50. The summed E-state index contributed by atoms with van der Waals surface area (Å²) >= 11 is 0. The first-order valence-electron chi connectivity index (χ1n) is 11.0. The van der Waals surface area contributed by atoms with Crippen molar-refractivity contribution in [2.45, 2.75) is 50.6 Å². The molecular weight excluding hydrogens is 393 g/mol. The van der Waals surface area contributed by atoms with Crippen LogP contribution in [0.25, 0.3) is 0 Å². The first-order valence-corrected chi connectivity index (χ1v) is 11.0. The molecule has 0 bridgehead atoms. The van der Waals surface area contributed by atoms with E-state index in [-0.39, 0.29) is 17.8 Å². The molecule has 1 saturated carbocycles. The second-order valence-electron chi connectivity index (χ2n) is 8.50. The van der Waals surface area contributed by atoms with Crippen LogP contribution in [0.2, 0.25) is 0 Å². The van der Waals surface area contributed by atoms with E-state index in [1.165, 1.54) is 31.4 Å². The SMILES string of the molecule is COc1ccc(C2=NN(C(=O)CN(C)C3CCCCC3)[C@H](c3cccc(F)c3)C2)cc1. The van der Waals surface area contributed by atoms with Crippen molar-refractivity contribution in [1.29, 1.82) is 0 Å². The van der Waals surface area contributed by atoms with Crippen LogP contribution in [0.1, 0.15) is 55.7 Å². The van der Waals surface area contributed by atoms with Crippen LogP contribution in [0.3, 0.4) is 0 Å². The minimum atomic E-state index is -0.306. The lowest BCUT2D eigenvalue weighted by Gasteiger charge is -2.32. The van der Waals surface area contributed by atoms with Gasteiger partial charge in [-0.25, -0.2) is 9.40 Å². The third kappa shape index (κ3) is 4.96. The largest absolute Gasteiger partial charge is 0.497 e. The van der Waals surface area contributed by atoms with E-state index in [4.69, 9.17) is 9.84 Å². The molecule has 1 heterocycles. The Bertz CT molecular complexity index is 938. The van der Waals surface area contributed by atoms with Crippen molar-refractivity contribution in [2.24, 2.45) is 5.10 Å². The van der Waals surface area contributed by atoms with Crippen LogP contribution < -0.4 is 4.74 Å². The summed E-state index contributed by atoms with van der Waals surface area (Å²) in [5.74, 6) is 0.416. The number of carbonyl (C=O) groups is 1. The van der Waals surface area contributed by atoms with Crippen LogP contribution in [-0.4, -0.2) is 48.3 Å². The lowest BCUT2D eigenvalue weighted by molar-refractivity contribution is -0.134. The topological polar surface area (TPSA) is 45.1 Å². The predicted molar refractivity (Wildman–Crippen MR) is 120 cm³/mol. The molecule has 4 rings (SSSR count). The molecule has 164 valence electrons. The molecule has 1 fully saturated rings. The second kappa shape index (κ2) is 9.60. The molecule has 0 aromatic heterocycles. The lowest BCUT2D eigenvalue weighted by atomic mass is 9.94. The van der Waals surface area contributed by atoms with Crippen molar-refractivity contribution in [3.05, 3.63) is 65.5 Å². The van der Waals surface area contributed by atoms with Gasteiger partial charge < -0.3 is 4.74 Å². The van der Waals surface area contributed by atoms with Gasteiger partial charge in [0.25, 0.3) is 5.91 Å². The number of hydrogen-bond donors (Lipinski definition) is 0. The number of carbonyl (C=O) groups excluding carboxylic acids is 1. The first kappa shape index (κ1) is 21.5. The summed E-state index contributed by atoms with van der Waals surface area (Å²) in [6, 6.07) is 14.3. The summed E-state index contributed by atoms with van der Waals surface area (Å²) in [6.45, 7) is 0.315. The summed E-state index contributed by atoms with van der Waals surface area (Å²) in [5.41, 5.74) is 2.53. The Labute approximate surface area is 183 Å². The number of rotatable bonds is 6. The van der Waals surface area contributed by atoms with E-state index in [0.717, 1.165) is 35.4 Å². The molecule has 6 heteroatoms. The zero-order chi connectivity index (χ0) is 21.8. The van der Waals surface area contributed by atoms with E-state index in [1.807, 2.05) is 37.4 Å². The van der Waals surface area contributed by atoms with Gasteiger partial charge in [-0.05, 0) is 67.4 Å². The van der Waals surface area contributed by atoms with Gasteiger partial charge in [0.2, 0.25) is 0 Å².